The van der Waals surface area contributed by atoms with Gasteiger partial charge in [0.25, 0.3) is 10.7 Å². The van der Waals surface area contributed by atoms with Crippen molar-refractivity contribution in [2.24, 2.45) is 0 Å². The Morgan fingerprint density at radius 1 is 0.719 bits per heavy atom. The van der Waals surface area contributed by atoms with Gasteiger partial charge >= 0.3 is 0 Å². The average molecular weight is 903 g/mol. The Morgan fingerprint density at radius 3 is 1.81 bits per heavy atom. The number of carbonyl (C=O) groups excluding carboxylic acids is 1. The normalized spacial score (nSPS) is 11.6. The summed E-state index contributed by atoms with van der Waals surface area (Å²) >= 11 is 10.5. The van der Waals surface area contributed by atoms with Crippen molar-refractivity contribution < 1.29 is 36.4 Å². The van der Waals surface area contributed by atoms with Crippen molar-refractivity contribution in [2.45, 2.75) is 34.6 Å². The number of methoxy groups -OCH3 is 1. The predicted octanol–water partition coefficient (Wildman–Crippen LogP) is 11.3. The highest BCUT2D eigenvalue weighted by Crippen LogP contribution is 2.21. The molecular weight excluding hydrogens is 860 g/mol. The molecule has 0 radical (unpaired) electrons. The lowest BCUT2D eigenvalue weighted by Crippen LogP contribution is -2.23. The summed E-state index contributed by atoms with van der Waals surface area (Å²) in [6.07, 6.45) is 3.38. The zero-order valence-corrected chi connectivity index (χ0v) is 37.3. The van der Waals surface area contributed by atoms with Gasteiger partial charge in [-0.15, -0.1) is 10.2 Å². The molecule has 7 heterocycles. The fraction of sp³-hybridized carbons (Fsp3) is 0.174. The van der Waals surface area contributed by atoms with Gasteiger partial charge in [-0.2, -0.15) is 0 Å². The van der Waals surface area contributed by atoms with Gasteiger partial charge in [-0.25, -0.2) is 15.0 Å². The van der Waals surface area contributed by atoms with Crippen LogP contribution in [-0.4, -0.2) is 66.2 Å². The van der Waals surface area contributed by atoms with Crippen LogP contribution >= 0.6 is 23.8 Å². The Morgan fingerprint density at radius 2 is 1.30 bits per heavy atom. The molecule has 0 spiro atoms. The van der Waals surface area contributed by atoms with E-state index in [1.165, 1.54) is 4.90 Å². The third-order valence-electron chi connectivity index (χ3n) is 8.62. The second kappa shape index (κ2) is 21.9. The van der Waals surface area contributed by atoms with Crippen LogP contribution in [0.1, 0.15) is 30.5 Å². The Balaban J connectivity index is 0.000000128. The predicted molar refractivity (Wildman–Crippen MR) is 244 cm³/mol. The Kier molecular flexibility index (Phi) is 15.7. The summed E-state index contributed by atoms with van der Waals surface area (Å²) in [7, 11) is 1.63. The molecule has 0 atom stereocenters. The highest BCUT2D eigenvalue weighted by molar-refractivity contribution is 7.71. The van der Waals surface area contributed by atoms with E-state index in [0.29, 0.717) is 40.0 Å². The topological polar surface area (TPSA) is 198 Å². The molecule has 1 aliphatic rings. The number of pyridine rings is 1. The number of nitrogens with one attached hydrogen (secondary N) is 1. The van der Waals surface area contributed by atoms with Crippen LogP contribution in [-0.2, 0) is 9.53 Å². The van der Waals surface area contributed by atoms with Crippen molar-refractivity contribution in [2.75, 3.05) is 20.3 Å². The number of benzene rings is 4. The van der Waals surface area contributed by atoms with Crippen molar-refractivity contribution in [1.29, 1.82) is 0 Å². The molecule has 0 saturated carbocycles. The van der Waals surface area contributed by atoms with E-state index in [1.54, 1.807) is 44.6 Å². The monoisotopic (exact) mass is 902 g/mol. The number of oxazole rings is 4. The Labute approximate surface area is 376 Å². The average Bonchev–Trinajstić information content (AvgIpc) is 4.16. The third-order valence-corrected chi connectivity index (χ3v) is 9.04. The molecule has 1 aliphatic heterocycles. The van der Waals surface area contributed by atoms with Gasteiger partial charge in [-0.3, -0.25) is 14.7 Å². The quantitative estimate of drug-likeness (QED) is 0.164. The summed E-state index contributed by atoms with van der Waals surface area (Å²) in [4.78, 5) is 31.9. The fourth-order valence-electron chi connectivity index (χ4n) is 5.75. The summed E-state index contributed by atoms with van der Waals surface area (Å²) in [6, 6.07) is 30.0. The highest BCUT2D eigenvalue weighted by Gasteiger charge is 2.23. The number of aryl methyl sites for hydroxylation is 4. The number of halogens is 1. The van der Waals surface area contributed by atoms with Crippen molar-refractivity contribution in [1.82, 2.24) is 40.0 Å². The fourth-order valence-corrected chi connectivity index (χ4v) is 6.12. The van der Waals surface area contributed by atoms with E-state index in [9.17, 15) is 4.79 Å². The van der Waals surface area contributed by atoms with Crippen LogP contribution in [0.5, 0.6) is 5.75 Å². The molecular formula is C46H43ClN8O8S. The number of amides is 1. The molecule has 1 fully saturated rings. The lowest BCUT2D eigenvalue weighted by molar-refractivity contribution is -0.126. The second-order valence-corrected chi connectivity index (χ2v) is 14.1. The number of carbonyl (C=O) groups is 1. The van der Waals surface area contributed by atoms with E-state index in [-0.39, 0.29) is 12.5 Å². The minimum atomic E-state index is 0.00231. The summed E-state index contributed by atoms with van der Waals surface area (Å²) in [6.45, 7) is 13.5. The van der Waals surface area contributed by atoms with E-state index in [4.69, 9.17) is 55.4 Å². The van der Waals surface area contributed by atoms with Crippen LogP contribution in [0, 0.1) is 32.5 Å². The first kappa shape index (κ1) is 45.9. The number of fused-ring (bicyclic) bond motifs is 4. The zero-order chi connectivity index (χ0) is 45.6. The number of ether oxygens (including phenoxy) is 2. The molecule has 1 amide bonds. The first-order chi connectivity index (χ1) is 30.9. The van der Waals surface area contributed by atoms with Gasteiger partial charge in [-0.1, -0.05) is 35.9 Å². The molecule has 1 saturated heterocycles. The van der Waals surface area contributed by atoms with Crippen molar-refractivity contribution in [3.63, 3.8) is 0 Å². The SMILES string of the molecule is C=C1OCC(=O)N1CC.COc1ccc2oc(C)nc2c1.Cc1nc2ccccc2o1.Cc1nc2ccccc2o1.Cc1nnc(-c2ccncc2)o1.S=c1[nH]c2cc(Cl)ccc2o1. The number of hydrogen-bond donors (Lipinski definition) is 1. The standard InChI is InChI=1S/C9H9NO2.C8H7N3O.2C8H7NO.C7H4ClNOS.C6H9NO2/c1-6-10-8-5-7(11-2)3-4-9(8)12-6;1-6-10-11-8(12-6)7-2-4-9-5-3-7;2*1-6-9-7-4-2-3-5-8(7)10-6;8-4-1-2-6-5(3-4)9-7(11)10-6;1-3-7-5(2)9-4-6(7)8/h3-5H,1-2H3;2-5H,1H3;2*2-5H,1H3;1-3H,(H,9,11);2-4H2,1H3. The molecule has 18 heteroatoms. The van der Waals surface area contributed by atoms with Crippen LogP contribution in [0.3, 0.4) is 0 Å². The molecule has 16 nitrogen and oxygen atoms in total. The molecule has 11 rings (SSSR count). The lowest BCUT2D eigenvalue weighted by Gasteiger charge is -2.09. The maximum Gasteiger partial charge on any atom is 0.267 e. The van der Waals surface area contributed by atoms with Crippen LogP contribution in [0.2, 0.25) is 5.02 Å². The first-order valence-electron chi connectivity index (χ1n) is 19.6. The maximum absolute atomic E-state index is 10.8. The molecule has 6 aromatic heterocycles. The van der Waals surface area contributed by atoms with E-state index >= 15 is 0 Å². The van der Waals surface area contributed by atoms with Gasteiger partial charge in [0, 0.05) is 63.3 Å². The van der Waals surface area contributed by atoms with Gasteiger partial charge in [0.1, 0.15) is 22.3 Å². The molecule has 0 aliphatic carbocycles. The van der Waals surface area contributed by atoms with Crippen LogP contribution in [0.4, 0.5) is 0 Å². The number of H-pyrrole nitrogens is 1. The molecule has 4 aromatic carbocycles. The van der Waals surface area contributed by atoms with Gasteiger partial charge in [0.2, 0.25) is 11.8 Å². The number of nitrogens with zero attached hydrogens (tertiary/aromatic N) is 7. The number of rotatable bonds is 3. The van der Waals surface area contributed by atoms with Gasteiger partial charge in [0.05, 0.1) is 12.6 Å². The van der Waals surface area contributed by atoms with E-state index in [0.717, 1.165) is 67.5 Å². The van der Waals surface area contributed by atoms with Crippen LogP contribution in [0.25, 0.3) is 55.9 Å². The summed E-state index contributed by atoms with van der Waals surface area (Å²) in [5.74, 6) is 4.51. The smallest absolute Gasteiger partial charge is 0.267 e. The van der Waals surface area contributed by atoms with E-state index in [2.05, 4.69) is 41.7 Å². The summed E-state index contributed by atoms with van der Waals surface area (Å²) in [5, 5.41) is 8.27. The minimum Gasteiger partial charge on any atom is -0.497 e. The Hall–Kier alpha value is -7.63. The number of para-hydroxylation sites is 4. The number of aromatic amines is 1. The molecule has 0 unspecified atom stereocenters. The highest BCUT2D eigenvalue weighted by atomic mass is 35.5. The maximum atomic E-state index is 10.8. The zero-order valence-electron chi connectivity index (χ0n) is 35.7. The van der Waals surface area contributed by atoms with Crippen molar-refractivity contribution in [3.05, 3.63) is 155 Å². The van der Waals surface area contributed by atoms with Gasteiger partial charge in [-0.05, 0) is 92.5 Å². The second-order valence-electron chi connectivity index (χ2n) is 13.3. The van der Waals surface area contributed by atoms with Crippen LogP contribution < -0.4 is 4.74 Å². The first-order valence-corrected chi connectivity index (χ1v) is 20.3. The molecule has 0 bridgehead atoms. The summed E-state index contributed by atoms with van der Waals surface area (Å²) < 4.78 is 36.1. The Bertz CT molecular complexity index is 3000. The number of likely N-dealkylation sites (N-methyl/N-ethyl adjacent to an activating group) is 1. The number of hydrogen-bond acceptors (Lipinski definition) is 15. The van der Waals surface area contributed by atoms with Gasteiger partial charge in [0.15, 0.2) is 52.5 Å². The van der Waals surface area contributed by atoms with E-state index in [1.807, 2.05) is 107 Å². The van der Waals surface area contributed by atoms with Crippen molar-refractivity contribution >= 4 is 74.1 Å². The molecule has 10 aromatic rings. The van der Waals surface area contributed by atoms with Crippen LogP contribution in [0.15, 0.2) is 144 Å². The molecule has 64 heavy (non-hydrogen) atoms. The number of aromatic nitrogens is 7. The van der Waals surface area contributed by atoms with E-state index < -0.39 is 0 Å². The lowest BCUT2D eigenvalue weighted by atomic mass is 10.3. The largest absolute Gasteiger partial charge is 0.497 e. The minimum absolute atomic E-state index is 0.00231. The molecule has 328 valence electrons. The summed E-state index contributed by atoms with van der Waals surface area (Å²) in [5.41, 5.74) is 7.69. The van der Waals surface area contributed by atoms with Gasteiger partial charge < -0.3 is 36.5 Å². The third kappa shape index (κ3) is 12.7. The molecule has 1 N–H and O–H groups in total. The van der Waals surface area contributed by atoms with Crippen molar-refractivity contribution in [3.8, 4) is 17.2 Å².